The molecule has 0 heterocycles. The fourth-order valence-electron chi connectivity index (χ4n) is 4.95. The second kappa shape index (κ2) is 38.6. The van der Waals surface area contributed by atoms with Crippen LogP contribution in [0.2, 0.25) is 0 Å². The van der Waals surface area contributed by atoms with Crippen LogP contribution in [0.3, 0.4) is 0 Å². The number of nitrogens with one attached hydrogen (secondary N) is 1. The molecular weight excluding hydrogens is 508 g/mol. The Balaban J connectivity index is 0. The van der Waals surface area contributed by atoms with Crippen LogP contribution in [0.1, 0.15) is 194 Å². The van der Waals surface area contributed by atoms with Crippen LogP contribution in [-0.2, 0) is 9.59 Å². The highest BCUT2D eigenvalue weighted by molar-refractivity contribution is 5.75. The van der Waals surface area contributed by atoms with Gasteiger partial charge in [-0.1, -0.05) is 154 Å². The van der Waals surface area contributed by atoms with Gasteiger partial charge in [-0.05, 0) is 38.5 Å². The Labute approximate surface area is 256 Å². The molecule has 0 fully saturated rings. The minimum Gasteiger partial charge on any atom is -0.481 e. The second-order valence-corrected chi connectivity index (χ2v) is 11.9. The number of allylic oxidation sites excluding steroid dienone is 2. The van der Waals surface area contributed by atoms with Crippen LogP contribution in [0, 0.1) is 0 Å². The lowest BCUT2D eigenvalue weighted by Gasteiger charge is -2.03. The Morgan fingerprint density at radius 2 is 0.878 bits per heavy atom. The summed E-state index contributed by atoms with van der Waals surface area (Å²) < 4.78 is 0. The largest absolute Gasteiger partial charge is 0.481 e. The summed E-state index contributed by atoms with van der Waals surface area (Å²) in [6.45, 7) is 5.65. The van der Waals surface area contributed by atoms with Crippen LogP contribution in [-0.4, -0.2) is 30.1 Å². The molecule has 244 valence electrons. The zero-order chi connectivity index (χ0) is 30.5. The minimum absolute atomic E-state index is 0.146. The quantitative estimate of drug-likeness (QED) is 0.0561. The van der Waals surface area contributed by atoms with Crippen molar-refractivity contribution in [3.05, 3.63) is 12.2 Å². The van der Waals surface area contributed by atoms with E-state index in [1.54, 1.807) is 0 Å². The fourth-order valence-corrected chi connectivity index (χ4v) is 4.95. The summed E-state index contributed by atoms with van der Waals surface area (Å²) >= 11 is 0. The number of amides is 1. The summed E-state index contributed by atoms with van der Waals surface area (Å²) in [4.78, 5) is 21.7. The van der Waals surface area contributed by atoms with Crippen molar-refractivity contribution >= 4 is 11.9 Å². The summed E-state index contributed by atoms with van der Waals surface area (Å²) in [6.07, 6.45) is 39.4. The predicted molar refractivity (Wildman–Crippen MR) is 179 cm³/mol. The lowest BCUT2D eigenvalue weighted by atomic mass is 10.0. The van der Waals surface area contributed by atoms with E-state index in [9.17, 15) is 9.59 Å². The van der Waals surface area contributed by atoms with Gasteiger partial charge in [-0.15, -0.1) is 0 Å². The Bertz CT molecular complexity index is 551. The molecule has 0 radical (unpaired) electrons. The molecule has 0 saturated heterocycles. The standard InChI is InChI=1S/C20H40N2O.C16H32O2/c1-2-3-4-5-6-7-8-9-10-11-12-13-14-15-16-17-20(23)22-19-18-21;1-2-3-4-5-6-7-8-9-10-11-12-13-14-15-16(17)18/h9-10H,2-8,11-19,21H2,1H3,(H,22,23);2-15H2,1H3,(H,17,18)/b10-9-;. The molecule has 0 atom stereocenters. The van der Waals surface area contributed by atoms with Gasteiger partial charge in [-0.2, -0.15) is 0 Å². The molecule has 0 unspecified atom stereocenters. The number of carboxylic acid groups (broad SMARTS) is 1. The van der Waals surface area contributed by atoms with E-state index in [4.69, 9.17) is 10.8 Å². The molecule has 0 spiro atoms. The van der Waals surface area contributed by atoms with Crippen molar-refractivity contribution in [3.8, 4) is 0 Å². The molecule has 4 N–H and O–H groups in total. The van der Waals surface area contributed by atoms with E-state index < -0.39 is 5.97 Å². The van der Waals surface area contributed by atoms with E-state index in [1.807, 2.05) is 0 Å². The van der Waals surface area contributed by atoms with E-state index in [0.717, 1.165) is 25.7 Å². The van der Waals surface area contributed by atoms with Crippen molar-refractivity contribution < 1.29 is 14.7 Å². The maximum absolute atomic E-state index is 11.4. The van der Waals surface area contributed by atoms with Gasteiger partial charge in [0.25, 0.3) is 0 Å². The molecule has 0 aromatic carbocycles. The summed E-state index contributed by atoms with van der Waals surface area (Å²) in [6, 6.07) is 0. The van der Waals surface area contributed by atoms with Gasteiger partial charge in [0.05, 0.1) is 0 Å². The first kappa shape index (κ1) is 41.8. The van der Waals surface area contributed by atoms with Crippen LogP contribution in [0.5, 0.6) is 0 Å². The molecule has 0 aromatic heterocycles. The van der Waals surface area contributed by atoms with Crippen molar-refractivity contribution in [1.82, 2.24) is 5.32 Å². The summed E-state index contributed by atoms with van der Waals surface area (Å²) in [5, 5.41) is 11.3. The molecular formula is C36H72N2O3. The van der Waals surface area contributed by atoms with E-state index in [-0.39, 0.29) is 5.91 Å². The van der Waals surface area contributed by atoms with Crippen LogP contribution in [0.4, 0.5) is 0 Å². The van der Waals surface area contributed by atoms with Crippen LogP contribution in [0.15, 0.2) is 12.2 Å². The van der Waals surface area contributed by atoms with Crippen molar-refractivity contribution in [1.29, 1.82) is 0 Å². The van der Waals surface area contributed by atoms with Crippen molar-refractivity contribution in [2.24, 2.45) is 5.73 Å². The topological polar surface area (TPSA) is 92.4 Å². The normalized spacial score (nSPS) is 11.0. The van der Waals surface area contributed by atoms with E-state index in [0.29, 0.717) is 25.9 Å². The lowest BCUT2D eigenvalue weighted by molar-refractivity contribution is -0.137. The SMILES string of the molecule is CCCCCCCC/C=C\CCCCCCCC(=O)NCCN.CCCCCCCCCCCCCCCC(=O)O. The smallest absolute Gasteiger partial charge is 0.303 e. The van der Waals surface area contributed by atoms with E-state index >= 15 is 0 Å². The molecule has 0 aromatic rings. The monoisotopic (exact) mass is 581 g/mol. The van der Waals surface area contributed by atoms with Gasteiger partial charge in [-0.25, -0.2) is 0 Å². The minimum atomic E-state index is -0.655. The van der Waals surface area contributed by atoms with Crippen LogP contribution >= 0.6 is 0 Å². The first-order valence-corrected chi connectivity index (χ1v) is 17.9. The maximum Gasteiger partial charge on any atom is 0.303 e. The first-order valence-electron chi connectivity index (χ1n) is 17.9. The number of hydrogen-bond donors (Lipinski definition) is 3. The summed E-state index contributed by atoms with van der Waals surface area (Å²) in [7, 11) is 0. The lowest BCUT2D eigenvalue weighted by Crippen LogP contribution is -2.28. The highest BCUT2D eigenvalue weighted by Crippen LogP contribution is 2.13. The number of unbranched alkanes of at least 4 members (excludes halogenated alkanes) is 23. The second-order valence-electron chi connectivity index (χ2n) is 11.9. The Morgan fingerprint density at radius 1 is 0.537 bits per heavy atom. The Hall–Kier alpha value is -1.36. The number of carbonyl (C=O) groups excluding carboxylic acids is 1. The zero-order valence-electron chi connectivity index (χ0n) is 27.7. The average molecular weight is 581 g/mol. The number of hydrogen-bond acceptors (Lipinski definition) is 3. The molecule has 41 heavy (non-hydrogen) atoms. The third kappa shape index (κ3) is 43.2. The van der Waals surface area contributed by atoms with Crippen LogP contribution in [0.25, 0.3) is 0 Å². The molecule has 5 nitrogen and oxygen atoms in total. The molecule has 5 heteroatoms. The van der Waals surface area contributed by atoms with Gasteiger partial charge in [0.2, 0.25) is 5.91 Å². The molecule has 1 amide bonds. The van der Waals surface area contributed by atoms with Gasteiger partial charge in [-0.3, -0.25) is 9.59 Å². The number of nitrogens with two attached hydrogens (primary N) is 1. The van der Waals surface area contributed by atoms with Crippen molar-refractivity contribution in [3.63, 3.8) is 0 Å². The number of aliphatic carboxylic acids is 1. The third-order valence-electron chi connectivity index (χ3n) is 7.63. The molecule has 0 rings (SSSR count). The molecule has 0 saturated carbocycles. The summed E-state index contributed by atoms with van der Waals surface area (Å²) in [5.74, 6) is -0.508. The zero-order valence-corrected chi connectivity index (χ0v) is 27.7. The fraction of sp³-hybridized carbons (Fsp3) is 0.889. The highest BCUT2D eigenvalue weighted by atomic mass is 16.4. The van der Waals surface area contributed by atoms with E-state index in [2.05, 4.69) is 31.3 Å². The third-order valence-corrected chi connectivity index (χ3v) is 7.63. The first-order chi connectivity index (χ1) is 20.1. The number of carboxylic acids is 1. The Kier molecular flexibility index (Phi) is 39.4. The highest BCUT2D eigenvalue weighted by Gasteiger charge is 1.99. The molecule has 0 aliphatic heterocycles. The summed E-state index contributed by atoms with van der Waals surface area (Å²) in [5.41, 5.74) is 5.34. The number of rotatable bonds is 31. The van der Waals surface area contributed by atoms with Gasteiger partial charge < -0.3 is 16.2 Å². The van der Waals surface area contributed by atoms with Crippen LogP contribution < -0.4 is 11.1 Å². The van der Waals surface area contributed by atoms with Crippen molar-refractivity contribution in [2.45, 2.75) is 194 Å². The van der Waals surface area contributed by atoms with Crippen molar-refractivity contribution in [2.75, 3.05) is 13.1 Å². The molecule has 0 aliphatic rings. The predicted octanol–water partition coefficient (Wildman–Crippen LogP) is 10.7. The maximum atomic E-state index is 11.4. The average Bonchev–Trinajstić information content (AvgIpc) is 2.96. The van der Waals surface area contributed by atoms with Gasteiger partial charge in [0.1, 0.15) is 0 Å². The number of carbonyl (C=O) groups is 2. The van der Waals surface area contributed by atoms with Gasteiger partial charge >= 0.3 is 5.97 Å². The molecule has 0 bridgehead atoms. The van der Waals surface area contributed by atoms with Gasteiger partial charge in [0, 0.05) is 25.9 Å². The molecule has 0 aliphatic carbocycles. The van der Waals surface area contributed by atoms with E-state index in [1.165, 1.54) is 141 Å². The Morgan fingerprint density at radius 3 is 1.24 bits per heavy atom. The van der Waals surface area contributed by atoms with Gasteiger partial charge in [0.15, 0.2) is 0 Å².